The molecule has 2 aromatic heterocycles. The second kappa shape index (κ2) is 7.66. The summed E-state index contributed by atoms with van der Waals surface area (Å²) in [5, 5.41) is 8.23. The first kappa shape index (κ1) is 19.5. The number of nitrogens with zero attached hydrogens (tertiary/aromatic N) is 5. The number of carbonyl (C=O) groups is 1. The van der Waals surface area contributed by atoms with E-state index in [1.165, 1.54) is 0 Å². The lowest BCUT2D eigenvalue weighted by Gasteiger charge is -2.26. The molecule has 0 bridgehead atoms. The fraction of sp³-hybridized carbons (Fsp3) is 0.364. The minimum Gasteiger partial charge on any atom is -0.486 e. The van der Waals surface area contributed by atoms with Crippen molar-refractivity contribution in [3.05, 3.63) is 47.8 Å². The Kier molecular flexibility index (Phi) is 4.82. The Labute approximate surface area is 179 Å². The second-order valence-corrected chi connectivity index (χ2v) is 7.89. The van der Waals surface area contributed by atoms with Crippen LogP contribution in [0.5, 0.6) is 11.5 Å². The minimum atomic E-state index is -0.195. The molecular formula is C22H23N5O4. The highest BCUT2D eigenvalue weighted by atomic mass is 16.6. The summed E-state index contributed by atoms with van der Waals surface area (Å²) in [4.78, 5) is 19.6. The summed E-state index contributed by atoms with van der Waals surface area (Å²) >= 11 is 0. The van der Waals surface area contributed by atoms with Gasteiger partial charge in [-0.15, -0.1) is 10.2 Å². The zero-order valence-corrected chi connectivity index (χ0v) is 17.6. The number of ether oxygens (including phenoxy) is 3. The number of aromatic nitrogens is 4. The van der Waals surface area contributed by atoms with Gasteiger partial charge in [0, 0.05) is 18.7 Å². The van der Waals surface area contributed by atoms with Crippen LogP contribution in [-0.2, 0) is 11.3 Å². The van der Waals surface area contributed by atoms with Gasteiger partial charge >= 0.3 is 0 Å². The number of hydrogen-bond acceptors (Lipinski definition) is 7. The van der Waals surface area contributed by atoms with E-state index in [0.717, 1.165) is 5.56 Å². The molecule has 4 heterocycles. The average Bonchev–Trinajstić information content (AvgIpc) is 3.38. The van der Waals surface area contributed by atoms with E-state index < -0.39 is 0 Å². The van der Waals surface area contributed by atoms with Gasteiger partial charge in [-0.3, -0.25) is 9.69 Å². The maximum atomic E-state index is 13.2. The number of fused-ring (bicyclic) bond motifs is 2. The van der Waals surface area contributed by atoms with E-state index in [-0.39, 0.29) is 18.1 Å². The number of rotatable bonds is 5. The van der Waals surface area contributed by atoms with Crippen molar-refractivity contribution in [3.63, 3.8) is 0 Å². The van der Waals surface area contributed by atoms with Crippen LogP contribution in [0.15, 0.2) is 36.7 Å². The molecule has 9 nitrogen and oxygen atoms in total. The molecule has 31 heavy (non-hydrogen) atoms. The molecule has 160 valence electrons. The van der Waals surface area contributed by atoms with E-state index in [0.29, 0.717) is 54.2 Å². The average molecular weight is 421 g/mol. The lowest BCUT2D eigenvalue weighted by molar-refractivity contribution is 0.0271. The van der Waals surface area contributed by atoms with Crippen molar-refractivity contribution < 1.29 is 19.0 Å². The molecule has 1 amide bonds. The smallest absolute Gasteiger partial charge is 0.260 e. The fourth-order valence-electron chi connectivity index (χ4n) is 3.88. The van der Waals surface area contributed by atoms with Gasteiger partial charge in [-0.05, 0) is 43.7 Å². The predicted octanol–water partition coefficient (Wildman–Crippen LogP) is 2.87. The zero-order valence-electron chi connectivity index (χ0n) is 17.6. The van der Waals surface area contributed by atoms with Gasteiger partial charge in [0.2, 0.25) is 0 Å². The van der Waals surface area contributed by atoms with Crippen LogP contribution in [-0.4, -0.2) is 52.1 Å². The lowest BCUT2D eigenvalue weighted by atomic mass is 10.1. The van der Waals surface area contributed by atoms with Gasteiger partial charge < -0.3 is 18.8 Å². The van der Waals surface area contributed by atoms with E-state index in [1.807, 2.05) is 28.8 Å². The summed E-state index contributed by atoms with van der Waals surface area (Å²) in [6, 6.07) is 9.40. The van der Waals surface area contributed by atoms with Crippen LogP contribution in [0.25, 0.3) is 11.5 Å². The molecule has 0 fully saturated rings. The molecule has 5 rings (SSSR count). The van der Waals surface area contributed by atoms with Gasteiger partial charge in [0.15, 0.2) is 23.4 Å². The van der Waals surface area contributed by atoms with Crippen LogP contribution in [0.4, 0.5) is 5.82 Å². The Morgan fingerprint density at radius 1 is 1.26 bits per heavy atom. The maximum absolute atomic E-state index is 13.2. The summed E-state index contributed by atoms with van der Waals surface area (Å²) in [6.45, 7) is 5.37. The van der Waals surface area contributed by atoms with Gasteiger partial charge in [0.05, 0.1) is 13.2 Å². The molecule has 1 aromatic carbocycles. The normalized spacial score (nSPS) is 17.4. The largest absolute Gasteiger partial charge is 0.486 e. The van der Waals surface area contributed by atoms with Crippen molar-refractivity contribution >= 4 is 11.7 Å². The number of amides is 1. The topological polar surface area (TPSA) is 91.6 Å². The molecule has 0 saturated carbocycles. The van der Waals surface area contributed by atoms with Crippen molar-refractivity contribution in [3.8, 4) is 23.0 Å². The molecule has 1 atom stereocenters. The first-order valence-electron chi connectivity index (χ1n) is 10.2. The molecule has 0 saturated heterocycles. The van der Waals surface area contributed by atoms with Gasteiger partial charge in [-0.25, -0.2) is 4.98 Å². The lowest BCUT2D eigenvalue weighted by Crippen LogP contribution is -2.33. The van der Waals surface area contributed by atoms with E-state index in [4.69, 9.17) is 19.2 Å². The molecule has 0 N–H and O–H groups in total. The van der Waals surface area contributed by atoms with Crippen LogP contribution in [0.2, 0.25) is 0 Å². The summed E-state index contributed by atoms with van der Waals surface area (Å²) in [5.74, 6) is 2.32. The molecule has 0 spiro atoms. The van der Waals surface area contributed by atoms with Crippen LogP contribution in [0, 0.1) is 0 Å². The van der Waals surface area contributed by atoms with Crippen molar-refractivity contribution in [2.75, 3.05) is 25.2 Å². The Morgan fingerprint density at radius 3 is 2.94 bits per heavy atom. The molecule has 0 aliphatic carbocycles. The first-order chi connectivity index (χ1) is 15.0. The van der Waals surface area contributed by atoms with Gasteiger partial charge in [0.1, 0.15) is 24.4 Å². The van der Waals surface area contributed by atoms with Crippen LogP contribution in [0.3, 0.4) is 0 Å². The molecular weight excluding hydrogens is 398 g/mol. The molecule has 9 heteroatoms. The highest BCUT2D eigenvalue weighted by Gasteiger charge is 2.33. The standard InChI is InChI=1S/C22H23N5O4/c1-13(2)27-12-23-25-21(27)17-5-4-6-20(24-17)26-9-14-7-18-19(8-16(14)22(26)28)31-15(10-29-3)11-30-18/h4-8,12-13,15H,9-11H2,1-3H3. The highest BCUT2D eigenvalue weighted by Crippen LogP contribution is 2.39. The fourth-order valence-corrected chi connectivity index (χ4v) is 3.88. The molecule has 1 unspecified atom stereocenters. The summed E-state index contributed by atoms with van der Waals surface area (Å²) < 4.78 is 18.9. The number of benzene rings is 1. The van der Waals surface area contributed by atoms with Crippen LogP contribution >= 0.6 is 0 Å². The Morgan fingerprint density at radius 2 is 2.13 bits per heavy atom. The summed E-state index contributed by atoms with van der Waals surface area (Å²) in [7, 11) is 1.62. The minimum absolute atomic E-state index is 0.120. The van der Waals surface area contributed by atoms with Crippen molar-refractivity contribution in [2.24, 2.45) is 0 Å². The highest BCUT2D eigenvalue weighted by molar-refractivity contribution is 6.10. The molecule has 2 aliphatic rings. The summed E-state index contributed by atoms with van der Waals surface area (Å²) in [6.07, 6.45) is 1.49. The van der Waals surface area contributed by atoms with Gasteiger partial charge in [-0.2, -0.15) is 0 Å². The Bertz CT molecular complexity index is 1140. The predicted molar refractivity (Wildman–Crippen MR) is 112 cm³/mol. The number of hydrogen-bond donors (Lipinski definition) is 0. The van der Waals surface area contributed by atoms with Crippen molar-refractivity contribution in [2.45, 2.75) is 32.5 Å². The van der Waals surface area contributed by atoms with Crippen LogP contribution in [0.1, 0.15) is 35.8 Å². The number of methoxy groups -OCH3 is 1. The Hall–Kier alpha value is -3.46. The van der Waals surface area contributed by atoms with Gasteiger partial charge in [-0.1, -0.05) is 6.07 Å². The quantitative estimate of drug-likeness (QED) is 0.625. The van der Waals surface area contributed by atoms with Gasteiger partial charge in [0.25, 0.3) is 5.91 Å². The van der Waals surface area contributed by atoms with Crippen molar-refractivity contribution in [1.82, 2.24) is 19.7 Å². The van der Waals surface area contributed by atoms with Crippen molar-refractivity contribution in [1.29, 1.82) is 0 Å². The molecule has 2 aliphatic heterocycles. The third-order valence-electron chi connectivity index (χ3n) is 5.41. The van der Waals surface area contributed by atoms with E-state index >= 15 is 0 Å². The van der Waals surface area contributed by atoms with E-state index in [9.17, 15) is 4.79 Å². The SMILES string of the molecule is COCC1COc2cc3c(cc2O1)C(=O)N(c1cccc(-c2nncn2C(C)C)n1)C3. The van der Waals surface area contributed by atoms with E-state index in [1.54, 1.807) is 24.4 Å². The third kappa shape index (κ3) is 3.40. The number of pyridine rings is 1. The summed E-state index contributed by atoms with van der Waals surface area (Å²) in [5.41, 5.74) is 2.15. The first-order valence-corrected chi connectivity index (χ1v) is 10.2. The molecule has 3 aromatic rings. The number of anilines is 1. The molecule has 0 radical (unpaired) electrons. The monoisotopic (exact) mass is 421 g/mol. The zero-order chi connectivity index (χ0) is 21.5. The van der Waals surface area contributed by atoms with E-state index in [2.05, 4.69) is 24.0 Å². The third-order valence-corrected chi connectivity index (χ3v) is 5.41. The second-order valence-electron chi connectivity index (χ2n) is 7.89. The maximum Gasteiger partial charge on any atom is 0.260 e. The van der Waals surface area contributed by atoms with Crippen LogP contribution < -0.4 is 14.4 Å². The Balaban J connectivity index is 1.45. The number of carbonyl (C=O) groups excluding carboxylic acids is 1.